The third kappa shape index (κ3) is 3.56. The lowest BCUT2D eigenvalue weighted by Gasteiger charge is -2.11. The van der Waals surface area contributed by atoms with E-state index in [0.717, 1.165) is 10.2 Å². The zero-order valence-corrected chi connectivity index (χ0v) is 15.2. The molecule has 0 spiro atoms. The van der Waals surface area contributed by atoms with Gasteiger partial charge in [-0.05, 0) is 24.3 Å². The van der Waals surface area contributed by atoms with Gasteiger partial charge in [0, 0.05) is 22.2 Å². The molecule has 0 saturated carbocycles. The normalized spacial score (nSPS) is 11.5. The first-order valence-electron chi connectivity index (χ1n) is 7.42. The molecule has 1 amide bonds. The van der Waals surface area contributed by atoms with E-state index < -0.39 is 0 Å². The van der Waals surface area contributed by atoms with Crippen LogP contribution in [0.4, 0.5) is 5.82 Å². The number of amides is 1. The zero-order chi connectivity index (χ0) is 17.3. The van der Waals surface area contributed by atoms with Crippen LogP contribution in [0.3, 0.4) is 0 Å². The smallest absolute Gasteiger partial charge is 0.260 e. The number of rotatable bonds is 3. The fourth-order valence-corrected chi connectivity index (χ4v) is 2.32. The first-order chi connectivity index (χ1) is 11.3. The van der Waals surface area contributed by atoms with E-state index in [0.29, 0.717) is 17.1 Å². The average Bonchev–Trinajstić information content (AvgIpc) is 3.16. The number of benzene rings is 1. The fourth-order valence-electron chi connectivity index (χ4n) is 2.05. The van der Waals surface area contributed by atoms with Crippen molar-refractivity contribution in [2.75, 3.05) is 5.32 Å². The van der Waals surface area contributed by atoms with Gasteiger partial charge in [0.1, 0.15) is 5.76 Å². The molecule has 0 fully saturated rings. The number of carbonyl (C=O) groups excluding carboxylic acids is 1. The molecule has 2 heterocycles. The molecular weight excluding hydrogens is 372 g/mol. The minimum absolute atomic E-state index is 0.164. The summed E-state index contributed by atoms with van der Waals surface area (Å²) in [5.74, 6) is 0.816. The molecule has 1 aromatic carbocycles. The van der Waals surface area contributed by atoms with Crippen LogP contribution in [0.2, 0.25) is 0 Å². The van der Waals surface area contributed by atoms with Crippen LogP contribution in [0.1, 0.15) is 36.9 Å². The van der Waals surface area contributed by atoms with Gasteiger partial charge in [-0.15, -0.1) is 0 Å². The topological polar surface area (TPSA) is 73.0 Å². The lowest BCUT2D eigenvalue weighted by Crippen LogP contribution is -2.12. The third-order valence-corrected chi connectivity index (χ3v) is 3.96. The number of aromatic nitrogens is 3. The Hall–Kier alpha value is -2.41. The van der Waals surface area contributed by atoms with Crippen molar-refractivity contribution < 1.29 is 9.32 Å². The van der Waals surface area contributed by atoms with Crippen LogP contribution in [0, 0.1) is 0 Å². The Morgan fingerprint density at radius 2 is 1.96 bits per heavy atom. The second kappa shape index (κ2) is 6.24. The second-order valence-electron chi connectivity index (χ2n) is 6.43. The molecule has 7 heteroatoms. The summed E-state index contributed by atoms with van der Waals surface area (Å²) in [4.78, 5) is 12.3. The van der Waals surface area contributed by atoms with E-state index in [9.17, 15) is 4.79 Å². The lowest BCUT2D eigenvalue weighted by molar-refractivity contribution is 0.102. The van der Waals surface area contributed by atoms with E-state index in [1.165, 1.54) is 6.20 Å². The molecule has 2 aromatic heterocycles. The summed E-state index contributed by atoms with van der Waals surface area (Å²) < 4.78 is 7.89. The van der Waals surface area contributed by atoms with E-state index in [2.05, 4.69) is 31.5 Å². The van der Waals surface area contributed by atoms with Crippen LogP contribution in [-0.2, 0) is 5.41 Å². The van der Waals surface area contributed by atoms with Crippen molar-refractivity contribution in [2.24, 2.45) is 0 Å². The number of carbonyl (C=O) groups is 1. The molecule has 24 heavy (non-hydrogen) atoms. The lowest BCUT2D eigenvalue weighted by atomic mass is 9.93. The third-order valence-electron chi connectivity index (χ3n) is 3.43. The van der Waals surface area contributed by atoms with Gasteiger partial charge < -0.3 is 9.84 Å². The highest BCUT2D eigenvalue weighted by molar-refractivity contribution is 9.10. The van der Waals surface area contributed by atoms with Crippen molar-refractivity contribution in [1.82, 2.24) is 14.9 Å². The van der Waals surface area contributed by atoms with Gasteiger partial charge in [-0.2, -0.15) is 5.10 Å². The molecule has 1 N–H and O–H groups in total. The molecule has 3 rings (SSSR count). The van der Waals surface area contributed by atoms with E-state index in [4.69, 9.17) is 4.52 Å². The monoisotopic (exact) mass is 388 g/mol. The molecule has 0 saturated heterocycles. The number of hydrogen-bond donors (Lipinski definition) is 1. The van der Waals surface area contributed by atoms with Gasteiger partial charge in [0.05, 0.1) is 17.4 Å². The molecule has 6 nitrogen and oxygen atoms in total. The van der Waals surface area contributed by atoms with Crippen LogP contribution in [-0.4, -0.2) is 20.8 Å². The van der Waals surface area contributed by atoms with Crippen molar-refractivity contribution in [1.29, 1.82) is 0 Å². The molecule has 3 aromatic rings. The standard InChI is InChI=1S/C17H17BrN4O2/c1-17(2,3)14-8-15(21-24-14)20-16(23)11-9-19-22(10-11)13-6-4-12(18)5-7-13/h4-10H,1-3H3,(H,20,21,23). The Kier molecular flexibility index (Phi) is 4.28. The number of nitrogens with one attached hydrogen (secondary N) is 1. The Labute approximate surface area is 148 Å². The van der Waals surface area contributed by atoms with E-state index >= 15 is 0 Å². The summed E-state index contributed by atoms with van der Waals surface area (Å²) in [6.45, 7) is 6.05. The van der Waals surface area contributed by atoms with Gasteiger partial charge in [0.25, 0.3) is 5.91 Å². The predicted octanol–water partition coefficient (Wildman–Crippen LogP) is 4.17. The Balaban J connectivity index is 1.74. The van der Waals surface area contributed by atoms with E-state index in [1.807, 2.05) is 45.0 Å². The highest BCUT2D eigenvalue weighted by Gasteiger charge is 2.20. The van der Waals surface area contributed by atoms with Crippen molar-refractivity contribution in [3.8, 4) is 5.69 Å². The summed E-state index contributed by atoms with van der Waals surface area (Å²) in [6.07, 6.45) is 3.19. The summed E-state index contributed by atoms with van der Waals surface area (Å²) in [5, 5.41) is 10.8. The predicted molar refractivity (Wildman–Crippen MR) is 94.4 cm³/mol. The maximum atomic E-state index is 12.3. The van der Waals surface area contributed by atoms with Crippen LogP contribution in [0.15, 0.2) is 51.7 Å². The van der Waals surface area contributed by atoms with E-state index in [-0.39, 0.29) is 11.3 Å². The first-order valence-corrected chi connectivity index (χ1v) is 8.21. The van der Waals surface area contributed by atoms with Crippen molar-refractivity contribution in [3.05, 3.63) is 58.5 Å². The van der Waals surface area contributed by atoms with Gasteiger partial charge in [0.2, 0.25) is 0 Å². The Bertz CT molecular complexity index is 859. The molecule has 0 bridgehead atoms. The summed E-state index contributed by atoms with van der Waals surface area (Å²) in [6, 6.07) is 9.38. The number of halogens is 1. The fraction of sp³-hybridized carbons (Fsp3) is 0.235. The molecule has 124 valence electrons. The van der Waals surface area contributed by atoms with E-state index in [1.54, 1.807) is 16.9 Å². The number of anilines is 1. The maximum Gasteiger partial charge on any atom is 0.260 e. The maximum absolute atomic E-state index is 12.3. The highest BCUT2D eigenvalue weighted by atomic mass is 79.9. The summed E-state index contributed by atoms with van der Waals surface area (Å²) >= 11 is 3.39. The van der Waals surface area contributed by atoms with Gasteiger partial charge in [0.15, 0.2) is 5.82 Å². The van der Waals surface area contributed by atoms with Crippen molar-refractivity contribution in [3.63, 3.8) is 0 Å². The molecule has 0 aliphatic rings. The van der Waals surface area contributed by atoms with Crippen LogP contribution in [0.25, 0.3) is 5.69 Å². The minimum Gasteiger partial charge on any atom is -0.359 e. The number of nitrogens with zero attached hydrogens (tertiary/aromatic N) is 3. The average molecular weight is 389 g/mol. The molecule has 0 radical (unpaired) electrons. The largest absolute Gasteiger partial charge is 0.359 e. The highest BCUT2D eigenvalue weighted by Crippen LogP contribution is 2.24. The zero-order valence-electron chi connectivity index (χ0n) is 13.6. The van der Waals surface area contributed by atoms with Gasteiger partial charge in [-0.3, -0.25) is 4.79 Å². The van der Waals surface area contributed by atoms with Crippen molar-refractivity contribution >= 4 is 27.7 Å². The molecule has 0 aliphatic carbocycles. The molecule has 0 aliphatic heterocycles. The van der Waals surface area contributed by atoms with Gasteiger partial charge in [-0.1, -0.05) is 41.9 Å². The Morgan fingerprint density at radius 1 is 1.25 bits per heavy atom. The van der Waals surface area contributed by atoms with Gasteiger partial charge in [-0.25, -0.2) is 4.68 Å². The number of hydrogen-bond acceptors (Lipinski definition) is 4. The first kappa shape index (κ1) is 16.4. The molecule has 0 unspecified atom stereocenters. The molecular formula is C17H17BrN4O2. The van der Waals surface area contributed by atoms with Gasteiger partial charge >= 0.3 is 0 Å². The van der Waals surface area contributed by atoms with Crippen LogP contribution >= 0.6 is 15.9 Å². The summed E-state index contributed by atoms with van der Waals surface area (Å²) in [7, 11) is 0. The minimum atomic E-state index is -0.285. The SMILES string of the molecule is CC(C)(C)c1cc(NC(=O)c2cnn(-c3ccc(Br)cc3)c2)no1. The Morgan fingerprint density at radius 3 is 2.58 bits per heavy atom. The molecule has 0 atom stereocenters. The van der Waals surface area contributed by atoms with Crippen molar-refractivity contribution in [2.45, 2.75) is 26.2 Å². The second-order valence-corrected chi connectivity index (χ2v) is 7.35. The summed E-state index contributed by atoms with van der Waals surface area (Å²) in [5.41, 5.74) is 1.15. The van der Waals surface area contributed by atoms with Crippen LogP contribution in [0.5, 0.6) is 0 Å². The quantitative estimate of drug-likeness (QED) is 0.730. The van der Waals surface area contributed by atoms with Crippen LogP contribution < -0.4 is 5.32 Å².